The van der Waals surface area contributed by atoms with Crippen molar-refractivity contribution in [1.29, 1.82) is 0 Å². The van der Waals surface area contributed by atoms with E-state index < -0.39 is 0 Å². The molecule has 2 aliphatic carbocycles. The molecule has 0 bridgehead atoms. The molecule has 0 saturated heterocycles. The molecule has 116 valence electrons. The number of aromatic nitrogens is 2. The number of nitrogens with zero attached hydrogens (tertiary/aromatic N) is 2. The van der Waals surface area contributed by atoms with Crippen molar-refractivity contribution in [2.45, 2.75) is 82.6 Å². The highest BCUT2D eigenvalue weighted by Gasteiger charge is 2.30. The van der Waals surface area contributed by atoms with Gasteiger partial charge >= 0.3 is 0 Å². The molecule has 4 nitrogen and oxygen atoms in total. The number of rotatable bonds is 5. The molecule has 1 heterocycles. The fourth-order valence-corrected chi connectivity index (χ4v) is 3.66. The van der Waals surface area contributed by atoms with E-state index in [4.69, 9.17) is 4.74 Å². The maximum atomic E-state index is 6.40. The molecule has 21 heavy (non-hydrogen) atoms. The quantitative estimate of drug-likeness (QED) is 0.902. The molecule has 0 radical (unpaired) electrons. The van der Waals surface area contributed by atoms with E-state index in [-0.39, 0.29) is 6.04 Å². The van der Waals surface area contributed by atoms with Crippen LogP contribution in [0.25, 0.3) is 0 Å². The predicted octanol–water partition coefficient (Wildman–Crippen LogP) is 3.40. The molecular weight excluding hydrogens is 262 g/mol. The zero-order valence-corrected chi connectivity index (χ0v) is 13.0. The molecule has 0 aliphatic heterocycles. The van der Waals surface area contributed by atoms with Gasteiger partial charge in [-0.3, -0.25) is 9.97 Å². The van der Waals surface area contributed by atoms with E-state index in [1.165, 1.54) is 51.4 Å². The van der Waals surface area contributed by atoms with E-state index >= 15 is 0 Å². The van der Waals surface area contributed by atoms with Crippen molar-refractivity contribution >= 4 is 0 Å². The normalized spacial score (nSPS) is 28.6. The Bertz CT molecular complexity index is 419. The minimum absolute atomic E-state index is 0.233. The van der Waals surface area contributed by atoms with Crippen molar-refractivity contribution < 1.29 is 4.74 Å². The smallest absolute Gasteiger partial charge is 0.0753 e. The van der Waals surface area contributed by atoms with Gasteiger partial charge in [-0.05, 0) is 32.6 Å². The average molecular weight is 289 g/mol. The van der Waals surface area contributed by atoms with Crippen LogP contribution in [-0.4, -0.2) is 28.2 Å². The maximum Gasteiger partial charge on any atom is 0.0753 e. The van der Waals surface area contributed by atoms with Crippen molar-refractivity contribution in [3.8, 4) is 0 Å². The van der Waals surface area contributed by atoms with Crippen molar-refractivity contribution in [3.63, 3.8) is 0 Å². The SMILES string of the molecule is C[C@H](N[C@@H]1CCCC[C@H]1OC1CCCC1)c1cnccn1. The number of hydrogen-bond donors (Lipinski definition) is 1. The second-order valence-electron chi connectivity index (χ2n) is 6.49. The van der Waals surface area contributed by atoms with E-state index in [9.17, 15) is 0 Å². The predicted molar refractivity (Wildman–Crippen MR) is 83.0 cm³/mol. The summed E-state index contributed by atoms with van der Waals surface area (Å²) in [4.78, 5) is 8.57. The minimum atomic E-state index is 0.233. The van der Waals surface area contributed by atoms with Gasteiger partial charge in [0, 0.05) is 30.7 Å². The first kappa shape index (κ1) is 14.9. The van der Waals surface area contributed by atoms with Crippen LogP contribution in [0.15, 0.2) is 18.6 Å². The van der Waals surface area contributed by atoms with Crippen LogP contribution in [0.2, 0.25) is 0 Å². The second-order valence-corrected chi connectivity index (χ2v) is 6.49. The third-order valence-corrected chi connectivity index (χ3v) is 4.86. The highest BCUT2D eigenvalue weighted by atomic mass is 16.5. The zero-order chi connectivity index (χ0) is 14.5. The zero-order valence-electron chi connectivity index (χ0n) is 13.0. The van der Waals surface area contributed by atoms with E-state index in [1.807, 2.05) is 6.20 Å². The minimum Gasteiger partial charge on any atom is -0.373 e. The fourth-order valence-electron chi connectivity index (χ4n) is 3.66. The van der Waals surface area contributed by atoms with Crippen LogP contribution in [0.1, 0.15) is 70.0 Å². The average Bonchev–Trinajstić information content (AvgIpc) is 3.03. The summed E-state index contributed by atoms with van der Waals surface area (Å²) in [5.41, 5.74) is 1.02. The second kappa shape index (κ2) is 7.32. The van der Waals surface area contributed by atoms with Gasteiger partial charge in [0.05, 0.1) is 17.9 Å². The Morgan fingerprint density at radius 2 is 1.86 bits per heavy atom. The highest BCUT2D eigenvalue weighted by Crippen LogP contribution is 2.29. The van der Waals surface area contributed by atoms with E-state index in [2.05, 4.69) is 22.2 Å². The summed E-state index contributed by atoms with van der Waals surface area (Å²) in [7, 11) is 0. The van der Waals surface area contributed by atoms with E-state index in [0.29, 0.717) is 18.2 Å². The summed E-state index contributed by atoms with van der Waals surface area (Å²) in [6.45, 7) is 2.17. The molecule has 1 aromatic heterocycles. The Balaban J connectivity index is 1.58. The molecule has 1 aromatic rings. The summed E-state index contributed by atoms with van der Waals surface area (Å²) in [5.74, 6) is 0. The van der Waals surface area contributed by atoms with Gasteiger partial charge in [-0.25, -0.2) is 0 Å². The first-order valence-electron chi connectivity index (χ1n) is 8.50. The summed E-state index contributed by atoms with van der Waals surface area (Å²) < 4.78 is 6.40. The number of ether oxygens (including phenoxy) is 1. The van der Waals surface area contributed by atoms with Gasteiger partial charge in [-0.15, -0.1) is 0 Å². The lowest BCUT2D eigenvalue weighted by molar-refractivity contribution is -0.0452. The van der Waals surface area contributed by atoms with Crippen LogP contribution in [-0.2, 0) is 4.74 Å². The summed E-state index contributed by atoms with van der Waals surface area (Å²) in [6, 6.07) is 0.688. The molecule has 4 heteroatoms. The standard InChI is InChI=1S/C17H27N3O/c1-13(16-12-18-10-11-19-16)20-15-8-4-5-9-17(15)21-14-6-2-3-7-14/h10-15,17,20H,2-9H2,1H3/t13-,15+,17+/m0/s1. The lowest BCUT2D eigenvalue weighted by Crippen LogP contribution is -2.45. The molecule has 0 spiro atoms. The third kappa shape index (κ3) is 4.01. The molecule has 0 aromatic carbocycles. The molecule has 3 atom stereocenters. The largest absolute Gasteiger partial charge is 0.373 e. The van der Waals surface area contributed by atoms with Gasteiger partial charge in [-0.2, -0.15) is 0 Å². The fraction of sp³-hybridized carbons (Fsp3) is 0.765. The topological polar surface area (TPSA) is 47.0 Å². The van der Waals surface area contributed by atoms with Gasteiger partial charge in [-0.1, -0.05) is 25.7 Å². The van der Waals surface area contributed by atoms with Crippen LogP contribution in [0.4, 0.5) is 0 Å². The monoisotopic (exact) mass is 289 g/mol. The van der Waals surface area contributed by atoms with Crippen LogP contribution in [0.5, 0.6) is 0 Å². The molecule has 1 N–H and O–H groups in total. The molecule has 0 amide bonds. The first-order chi connectivity index (χ1) is 10.3. The summed E-state index contributed by atoms with van der Waals surface area (Å²) in [5, 5.41) is 3.73. The van der Waals surface area contributed by atoms with E-state index in [1.54, 1.807) is 12.4 Å². The van der Waals surface area contributed by atoms with Gasteiger partial charge in [0.2, 0.25) is 0 Å². The Kier molecular flexibility index (Phi) is 5.20. The van der Waals surface area contributed by atoms with Crippen LogP contribution in [0, 0.1) is 0 Å². The summed E-state index contributed by atoms with van der Waals surface area (Å²) in [6.07, 6.45) is 16.4. The van der Waals surface area contributed by atoms with Crippen LogP contribution < -0.4 is 5.32 Å². The first-order valence-corrected chi connectivity index (χ1v) is 8.50. The lowest BCUT2D eigenvalue weighted by Gasteiger charge is -2.35. The maximum absolute atomic E-state index is 6.40. The lowest BCUT2D eigenvalue weighted by atomic mass is 9.91. The summed E-state index contributed by atoms with van der Waals surface area (Å²) >= 11 is 0. The van der Waals surface area contributed by atoms with Gasteiger partial charge in [0.1, 0.15) is 0 Å². The molecule has 3 rings (SSSR count). The van der Waals surface area contributed by atoms with Gasteiger partial charge in [0.25, 0.3) is 0 Å². The van der Waals surface area contributed by atoms with Gasteiger partial charge in [0.15, 0.2) is 0 Å². The Hall–Kier alpha value is -1.00. The number of nitrogens with one attached hydrogen (secondary N) is 1. The highest BCUT2D eigenvalue weighted by molar-refractivity contribution is 5.02. The molecular formula is C17H27N3O. The van der Waals surface area contributed by atoms with E-state index in [0.717, 1.165) is 5.69 Å². The van der Waals surface area contributed by atoms with Crippen molar-refractivity contribution in [1.82, 2.24) is 15.3 Å². The molecule has 2 fully saturated rings. The van der Waals surface area contributed by atoms with Crippen LogP contribution >= 0.6 is 0 Å². The Morgan fingerprint density at radius 3 is 2.62 bits per heavy atom. The molecule has 2 saturated carbocycles. The van der Waals surface area contributed by atoms with Crippen molar-refractivity contribution in [2.75, 3.05) is 0 Å². The van der Waals surface area contributed by atoms with Crippen molar-refractivity contribution in [3.05, 3.63) is 24.3 Å². The Morgan fingerprint density at radius 1 is 1.10 bits per heavy atom. The number of hydrogen-bond acceptors (Lipinski definition) is 4. The van der Waals surface area contributed by atoms with Crippen molar-refractivity contribution in [2.24, 2.45) is 0 Å². The molecule has 2 aliphatic rings. The van der Waals surface area contributed by atoms with Crippen LogP contribution in [0.3, 0.4) is 0 Å². The third-order valence-electron chi connectivity index (χ3n) is 4.86. The Labute approximate surface area is 127 Å². The van der Waals surface area contributed by atoms with Gasteiger partial charge < -0.3 is 10.1 Å². The molecule has 0 unspecified atom stereocenters.